The second kappa shape index (κ2) is 5.79. The molecule has 0 saturated heterocycles. The maximum atomic E-state index is 13.6. The Morgan fingerprint density at radius 1 is 1.35 bits per heavy atom. The summed E-state index contributed by atoms with van der Waals surface area (Å²) in [4.78, 5) is 0. The minimum absolute atomic E-state index is 0.00542. The van der Waals surface area contributed by atoms with E-state index in [1.165, 1.54) is 14.2 Å². The van der Waals surface area contributed by atoms with Crippen molar-refractivity contribution in [2.45, 2.75) is 6.10 Å². The van der Waals surface area contributed by atoms with Gasteiger partial charge >= 0.3 is 0 Å². The number of ether oxygens (including phenoxy) is 2. The number of hydrogen-bond donors (Lipinski definition) is 2. The van der Waals surface area contributed by atoms with Crippen molar-refractivity contribution in [3.8, 4) is 11.5 Å². The minimum atomic E-state index is -1.22. The number of hydrogen-bond acceptors (Lipinski definition) is 4. The molecule has 1 aromatic carbocycles. The number of aliphatic hydroxyl groups excluding tert-OH is 1. The third-order valence-electron chi connectivity index (χ3n) is 2.33. The van der Waals surface area contributed by atoms with E-state index >= 15 is 0 Å². The van der Waals surface area contributed by atoms with Crippen LogP contribution in [0.5, 0.6) is 11.5 Å². The van der Waals surface area contributed by atoms with E-state index in [1.54, 1.807) is 7.05 Å². The van der Waals surface area contributed by atoms with Gasteiger partial charge in [-0.05, 0) is 7.05 Å². The normalized spacial score (nSPS) is 12.4. The Morgan fingerprint density at radius 2 is 2.00 bits per heavy atom. The lowest BCUT2D eigenvalue weighted by Crippen LogP contribution is -2.19. The molecule has 1 aromatic rings. The zero-order chi connectivity index (χ0) is 13.0. The second-order valence-corrected chi connectivity index (χ2v) is 3.40. The van der Waals surface area contributed by atoms with Crippen LogP contribution in [0, 0.1) is 11.6 Å². The lowest BCUT2D eigenvalue weighted by atomic mass is 10.1. The van der Waals surface area contributed by atoms with Crippen molar-refractivity contribution < 1.29 is 23.4 Å². The monoisotopic (exact) mass is 247 g/mol. The van der Waals surface area contributed by atoms with Crippen LogP contribution < -0.4 is 14.8 Å². The van der Waals surface area contributed by atoms with Gasteiger partial charge in [0, 0.05) is 12.6 Å². The number of aliphatic hydroxyl groups is 1. The number of benzene rings is 1. The van der Waals surface area contributed by atoms with Crippen molar-refractivity contribution in [1.29, 1.82) is 0 Å². The Kier molecular flexibility index (Phi) is 4.65. The van der Waals surface area contributed by atoms with Crippen LogP contribution in [0.15, 0.2) is 6.07 Å². The summed E-state index contributed by atoms with van der Waals surface area (Å²) in [6, 6.07) is 0.879. The van der Waals surface area contributed by atoms with Gasteiger partial charge in [0.05, 0.1) is 25.9 Å². The van der Waals surface area contributed by atoms with Gasteiger partial charge < -0.3 is 19.9 Å². The molecule has 1 rings (SSSR count). The summed E-state index contributed by atoms with van der Waals surface area (Å²) >= 11 is 0. The van der Waals surface area contributed by atoms with Gasteiger partial charge in [0.15, 0.2) is 23.1 Å². The summed E-state index contributed by atoms with van der Waals surface area (Å²) in [6.07, 6.45) is -1.22. The van der Waals surface area contributed by atoms with E-state index in [4.69, 9.17) is 9.47 Å². The predicted octanol–water partition coefficient (Wildman–Crippen LogP) is 1.23. The van der Waals surface area contributed by atoms with E-state index < -0.39 is 17.7 Å². The first-order chi connectivity index (χ1) is 8.06. The van der Waals surface area contributed by atoms with Crippen LogP contribution in [-0.4, -0.2) is 32.9 Å². The summed E-state index contributed by atoms with van der Waals surface area (Å²) in [7, 11) is 4.19. The molecule has 0 amide bonds. The van der Waals surface area contributed by atoms with Gasteiger partial charge in [-0.1, -0.05) is 0 Å². The SMILES string of the molecule is CNCC(O)c1c(F)c(F)cc(OC)c1OC. The first kappa shape index (κ1) is 13.7. The topological polar surface area (TPSA) is 50.7 Å². The van der Waals surface area contributed by atoms with Crippen molar-refractivity contribution in [2.75, 3.05) is 27.8 Å². The highest BCUT2D eigenvalue weighted by atomic mass is 19.2. The highest BCUT2D eigenvalue weighted by molar-refractivity contribution is 5.49. The molecule has 2 N–H and O–H groups in total. The molecule has 0 radical (unpaired) electrons. The molecule has 0 aromatic heterocycles. The van der Waals surface area contributed by atoms with Gasteiger partial charge in [0.1, 0.15) is 0 Å². The highest BCUT2D eigenvalue weighted by Gasteiger charge is 2.25. The van der Waals surface area contributed by atoms with Crippen LogP contribution >= 0.6 is 0 Å². The van der Waals surface area contributed by atoms with Crippen LogP contribution in [0.25, 0.3) is 0 Å². The Bertz CT molecular complexity index is 399. The molecule has 0 spiro atoms. The molecule has 0 fully saturated rings. The number of methoxy groups -OCH3 is 2. The van der Waals surface area contributed by atoms with Gasteiger partial charge in [-0.25, -0.2) is 8.78 Å². The summed E-state index contributed by atoms with van der Waals surface area (Å²) in [6.45, 7) is 0.0693. The van der Waals surface area contributed by atoms with Gasteiger partial charge in [-0.15, -0.1) is 0 Å². The summed E-state index contributed by atoms with van der Waals surface area (Å²) < 4.78 is 36.8. The van der Waals surface area contributed by atoms with E-state index in [-0.39, 0.29) is 23.6 Å². The first-order valence-electron chi connectivity index (χ1n) is 4.99. The van der Waals surface area contributed by atoms with E-state index in [9.17, 15) is 13.9 Å². The summed E-state index contributed by atoms with van der Waals surface area (Å²) in [5.74, 6) is -2.19. The molecule has 1 atom stereocenters. The number of likely N-dealkylation sites (N-methyl/N-ethyl adjacent to an activating group) is 1. The molecule has 0 aliphatic rings. The molecule has 0 aliphatic carbocycles. The molecular weight excluding hydrogens is 232 g/mol. The molecule has 4 nitrogen and oxygen atoms in total. The van der Waals surface area contributed by atoms with Crippen molar-refractivity contribution in [2.24, 2.45) is 0 Å². The Morgan fingerprint density at radius 3 is 2.47 bits per heavy atom. The Labute approximate surface area is 98.2 Å². The number of halogens is 2. The molecule has 1 unspecified atom stereocenters. The first-order valence-corrected chi connectivity index (χ1v) is 4.99. The smallest absolute Gasteiger partial charge is 0.169 e. The van der Waals surface area contributed by atoms with Crippen LogP contribution in [-0.2, 0) is 0 Å². The fourth-order valence-corrected chi connectivity index (χ4v) is 1.56. The van der Waals surface area contributed by atoms with Crippen LogP contribution in [0.2, 0.25) is 0 Å². The number of rotatable bonds is 5. The highest BCUT2D eigenvalue weighted by Crippen LogP contribution is 2.37. The summed E-state index contributed by atoms with van der Waals surface area (Å²) in [5, 5.41) is 12.4. The van der Waals surface area contributed by atoms with E-state index in [0.29, 0.717) is 0 Å². The molecule has 0 bridgehead atoms. The van der Waals surface area contributed by atoms with E-state index in [0.717, 1.165) is 6.07 Å². The molecule has 6 heteroatoms. The van der Waals surface area contributed by atoms with Gasteiger partial charge in [-0.3, -0.25) is 0 Å². The number of nitrogens with one attached hydrogen (secondary N) is 1. The quantitative estimate of drug-likeness (QED) is 0.821. The molecule has 17 heavy (non-hydrogen) atoms. The Balaban J connectivity index is 3.37. The molecule has 0 aliphatic heterocycles. The average Bonchev–Trinajstić information content (AvgIpc) is 2.31. The molecule has 0 saturated carbocycles. The molecule has 96 valence electrons. The largest absolute Gasteiger partial charge is 0.493 e. The van der Waals surface area contributed by atoms with Crippen LogP contribution in [0.1, 0.15) is 11.7 Å². The van der Waals surface area contributed by atoms with E-state index in [2.05, 4.69) is 5.32 Å². The zero-order valence-corrected chi connectivity index (χ0v) is 9.88. The van der Waals surface area contributed by atoms with Crippen LogP contribution in [0.4, 0.5) is 8.78 Å². The lowest BCUT2D eigenvalue weighted by molar-refractivity contribution is 0.165. The fourth-order valence-electron chi connectivity index (χ4n) is 1.56. The van der Waals surface area contributed by atoms with Crippen LogP contribution in [0.3, 0.4) is 0 Å². The second-order valence-electron chi connectivity index (χ2n) is 3.40. The standard InChI is InChI=1S/C11H15F2NO3/c1-14-5-7(15)9-10(13)6(12)4-8(16-2)11(9)17-3/h4,7,14-15H,5H2,1-3H3. The lowest BCUT2D eigenvalue weighted by Gasteiger charge is -2.18. The molecule has 0 heterocycles. The van der Waals surface area contributed by atoms with Crippen molar-refractivity contribution >= 4 is 0 Å². The third kappa shape index (κ3) is 2.65. The Hall–Kier alpha value is -1.40. The maximum absolute atomic E-state index is 13.6. The minimum Gasteiger partial charge on any atom is -0.493 e. The van der Waals surface area contributed by atoms with Gasteiger partial charge in [0.2, 0.25) is 0 Å². The van der Waals surface area contributed by atoms with Gasteiger partial charge in [0.25, 0.3) is 0 Å². The maximum Gasteiger partial charge on any atom is 0.169 e. The zero-order valence-electron chi connectivity index (χ0n) is 9.88. The van der Waals surface area contributed by atoms with E-state index in [1.807, 2.05) is 0 Å². The van der Waals surface area contributed by atoms with Crippen molar-refractivity contribution in [3.05, 3.63) is 23.3 Å². The fraction of sp³-hybridized carbons (Fsp3) is 0.455. The van der Waals surface area contributed by atoms with Crippen molar-refractivity contribution in [3.63, 3.8) is 0 Å². The van der Waals surface area contributed by atoms with Gasteiger partial charge in [-0.2, -0.15) is 0 Å². The average molecular weight is 247 g/mol. The third-order valence-corrected chi connectivity index (χ3v) is 2.33. The van der Waals surface area contributed by atoms with Crippen molar-refractivity contribution in [1.82, 2.24) is 5.32 Å². The summed E-state index contributed by atoms with van der Waals surface area (Å²) in [5.41, 5.74) is -0.251. The molecular formula is C11H15F2NO3. The predicted molar refractivity (Wildman–Crippen MR) is 58.3 cm³/mol.